The fraction of sp³-hybridized carbons (Fsp3) is 0.412. The zero-order chi connectivity index (χ0) is 15.4. The number of rotatable bonds is 4. The molecule has 0 unspecified atom stereocenters. The van der Waals surface area contributed by atoms with Crippen molar-refractivity contribution < 1.29 is 9.53 Å². The van der Waals surface area contributed by atoms with Crippen molar-refractivity contribution in [1.29, 1.82) is 0 Å². The van der Waals surface area contributed by atoms with Crippen molar-refractivity contribution in [3.05, 3.63) is 40.9 Å². The van der Waals surface area contributed by atoms with E-state index >= 15 is 0 Å². The Bertz CT molecular complexity index is 648. The molecule has 116 valence electrons. The van der Waals surface area contributed by atoms with E-state index < -0.39 is 0 Å². The predicted octanol–water partition coefficient (Wildman–Crippen LogP) is 4.72. The van der Waals surface area contributed by atoms with Gasteiger partial charge in [-0.3, -0.25) is 0 Å². The highest BCUT2D eigenvalue weighted by Gasteiger charge is 2.18. The number of thiazole rings is 1. The first-order chi connectivity index (χ1) is 10.8. The summed E-state index contributed by atoms with van der Waals surface area (Å²) in [6.45, 7) is 0. The molecular formula is C17H20N2O2S. The normalized spacial score (nSPS) is 15.5. The first-order valence-corrected chi connectivity index (χ1v) is 8.55. The van der Waals surface area contributed by atoms with Gasteiger partial charge in [0.15, 0.2) is 5.13 Å². The lowest BCUT2D eigenvalue weighted by molar-refractivity contribution is 0.0601. The van der Waals surface area contributed by atoms with Crippen LogP contribution in [0.4, 0.5) is 10.8 Å². The monoisotopic (exact) mass is 316 g/mol. The van der Waals surface area contributed by atoms with Gasteiger partial charge < -0.3 is 10.1 Å². The molecule has 22 heavy (non-hydrogen) atoms. The first kappa shape index (κ1) is 15.0. The SMILES string of the molecule is COC(=O)c1cccc(Nc2nc(C3CCCCC3)cs2)c1. The zero-order valence-corrected chi connectivity index (χ0v) is 13.5. The van der Waals surface area contributed by atoms with Crippen LogP contribution in [0.2, 0.25) is 0 Å². The van der Waals surface area contributed by atoms with E-state index in [1.54, 1.807) is 23.5 Å². The first-order valence-electron chi connectivity index (χ1n) is 7.67. The van der Waals surface area contributed by atoms with E-state index in [9.17, 15) is 4.79 Å². The average molecular weight is 316 g/mol. The van der Waals surface area contributed by atoms with E-state index in [4.69, 9.17) is 9.72 Å². The summed E-state index contributed by atoms with van der Waals surface area (Å²) in [6, 6.07) is 7.29. The Morgan fingerprint density at radius 2 is 2.14 bits per heavy atom. The molecule has 1 fully saturated rings. The molecule has 1 saturated carbocycles. The van der Waals surface area contributed by atoms with Crippen LogP contribution >= 0.6 is 11.3 Å². The van der Waals surface area contributed by atoms with Crippen molar-refractivity contribution in [2.24, 2.45) is 0 Å². The largest absolute Gasteiger partial charge is 0.465 e. The molecule has 1 aromatic heterocycles. The van der Waals surface area contributed by atoms with E-state index in [2.05, 4.69) is 10.7 Å². The Morgan fingerprint density at radius 3 is 2.91 bits per heavy atom. The number of carbonyl (C=O) groups excluding carboxylic acids is 1. The molecule has 1 N–H and O–H groups in total. The van der Waals surface area contributed by atoms with Gasteiger partial charge in [0.25, 0.3) is 0 Å². The molecule has 3 rings (SSSR count). The van der Waals surface area contributed by atoms with Crippen LogP contribution < -0.4 is 5.32 Å². The third kappa shape index (κ3) is 3.47. The van der Waals surface area contributed by atoms with Gasteiger partial charge in [0, 0.05) is 17.0 Å². The van der Waals surface area contributed by atoms with Gasteiger partial charge in [-0.1, -0.05) is 25.3 Å². The summed E-state index contributed by atoms with van der Waals surface area (Å²) in [6.07, 6.45) is 6.48. The number of benzene rings is 1. The van der Waals surface area contributed by atoms with E-state index in [1.165, 1.54) is 44.9 Å². The average Bonchev–Trinajstić information content (AvgIpc) is 3.03. The van der Waals surface area contributed by atoms with Crippen molar-refractivity contribution in [2.45, 2.75) is 38.0 Å². The highest BCUT2D eigenvalue weighted by molar-refractivity contribution is 7.13. The summed E-state index contributed by atoms with van der Waals surface area (Å²) in [7, 11) is 1.39. The zero-order valence-electron chi connectivity index (χ0n) is 12.7. The molecule has 0 atom stereocenters. The van der Waals surface area contributed by atoms with Crippen LogP contribution in [0.25, 0.3) is 0 Å². The molecule has 0 spiro atoms. The van der Waals surface area contributed by atoms with Crippen LogP contribution in [0.15, 0.2) is 29.6 Å². The summed E-state index contributed by atoms with van der Waals surface area (Å²) in [5.74, 6) is 0.285. The molecular weight excluding hydrogens is 296 g/mol. The van der Waals surface area contributed by atoms with Crippen LogP contribution in [-0.2, 0) is 4.74 Å². The van der Waals surface area contributed by atoms with Crippen molar-refractivity contribution in [2.75, 3.05) is 12.4 Å². The minimum absolute atomic E-state index is 0.328. The van der Waals surface area contributed by atoms with Crippen molar-refractivity contribution in [3.63, 3.8) is 0 Å². The Hall–Kier alpha value is -1.88. The van der Waals surface area contributed by atoms with E-state index in [-0.39, 0.29) is 5.97 Å². The predicted molar refractivity (Wildman–Crippen MR) is 89.0 cm³/mol. The van der Waals surface area contributed by atoms with Crippen LogP contribution in [0.3, 0.4) is 0 Å². The van der Waals surface area contributed by atoms with Gasteiger partial charge in [0.2, 0.25) is 0 Å². The van der Waals surface area contributed by atoms with Gasteiger partial charge >= 0.3 is 5.97 Å². The molecule has 1 aliphatic rings. The van der Waals surface area contributed by atoms with Crippen molar-refractivity contribution in [1.82, 2.24) is 4.98 Å². The number of carbonyl (C=O) groups is 1. The molecule has 1 aliphatic carbocycles. The molecule has 0 aliphatic heterocycles. The van der Waals surface area contributed by atoms with Gasteiger partial charge in [-0.2, -0.15) is 0 Å². The number of anilines is 2. The minimum Gasteiger partial charge on any atom is -0.465 e. The molecule has 5 heteroatoms. The van der Waals surface area contributed by atoms with Gasteiger partial charge in [0.1, 0.15) is 0 Å². The second-order valence-electron chi connectivity index (χ2n) is 5.61. The van der Waals surface area contributed by atoms with E-state index in [0.29, 0.717) is 11.5 Å². The number of nitrogens with zero attached hydrogens (tertiary/aromatic N) is 1. The lowest BCUT2D eigenvalue weighted by atomic mass is 9.87. The topological polar surface area (TPSA) is 51.2 Å². The second kappa shape index (κ2) is 6.92. The Balaban J connectivity index is 1.71. The summed E-state index contributed by atoms with van der Waals surface area (Å²) >= 11 is 1.62. The molecule has 0 amide bonds. The molecule has 1 aromatic carbocycles. The van der Waals surface area contributed by atoms with Crippen molar-refractivity contribution in [3.8, 4) is 0 Å². The molecule has 2 aromatic rings. The fourth-order valence-corrected chi connectivity index (χ4v) is 3.71. The number of hydrogen-bond acceptors (Lipinski definition) is 5. The molecule has 0 radical (unpaired) electrons. The number of hydrogen-bond donors (Lipinski definition) is 1. The summed E-state index contributed by atoms with van der Waals surface area (Å²) in [4.78, 5) is 16.3. The smallest absolute Gasteiger partial charge is 0.337 e. The lowest BCUT2D eigenvalue weighted by Gasteiger charge is -2.19. The molecule has 1 heterocycles. The maximum Gasteiger partial charge on any atom is 0.337 e. The van der Waals surface area contributed by atoms with Crippen LogP contribution in [0.1, 0.15) is 54.1 Å². The van der Waals surface area contributed by atoms with E-state index in [1.807, 2.05) is 12.1 Å². The number of methoxy groups -OCH3 is 1. The standard InChI is InChI=1S/C17H20N2O2S/c1-21-16(20)13-8-5-9-14(10-13)18-17-19-15(11-22-17)12-6-3-2-4-7-12/h5,8-12H,2-4,6-7H2,1H3,(H,18,19). The van der Waals surface area contributed by atoms with E-state index in [0.717, 1.165) is 10.8 Å². The number of nitrogens with one attached hydrogen (secondary N) is 1. The molecule has 0 bridgehead atoms. The third-order valence-electron chi connectivity index (χ3n) is 4.08. The molecule has 4 nitrogen and oxygen atoms in total. The highest BCUT2D eigenvalue weighted by atomic mass is 32.1. The van der Waals surface area contributed by atoms with Crippen molar-refractivity contribution >= 4 is 28.1 Å². The number of esters is 1. The summed E-state index contributed by atoms with van der Waals surface area (Å²) < 4.78 is 4.75. The van der Waals surface area contributed by atoms with Crippen LogP contribution in [0, 0.1) is 0 Å². The highest BCUT2D eigenvalue weighted by Crippen LogP contribution is 2.34. The van der Waals surface area contributed by atoms with Gasteiger partial charge in [-0.15, -0.1) is 11.3 Å². The third-order valence-corrected chi connectivity index (χ3v) is 4.86. The second-order valence-corrected chi connectivity index (χ2v) is 6.47. The van der Waals surface area contributed by atoms with Crippen LogP contribution in [-0.4, -0.2) is 18.1 Å². The number of aromatic nitrogens is 1. The van der Waals surface area contributed by atoms with Gasteiger partial charge in [-0.05, 0) is 31.0 Å². The van der Waals surface area contributed by atoms with Gasteiger partial charge in [0.05, 0.1) is 18.4 Å². The quantitative estimate of drug-likeness (QED) is 0.829. The summed E-state index contributed by atoms with van der Waals surface area (Å²) in [5, 5.41) is 6.32. The maximum absolute atomic E-state index is 11.6. The lowest BCUT2D eigenvalue weighted by Crippen LogP contribution is -2.05. The number of ether oxygens (including phenoxy) is 1. The Morgan fingerprint density at radius 1 is 1.32 bits per heavy atom. The summed E-state index contributed by atoms with van der Waals surface area (Å²) in [5.41, 5.74) is 2.60. The Kier molecular flexibility index (Phi) is 4.73. The maximum atomic E-state index is 11.6. The minimum atomic E-state index is -0.328. The van der Waals surface area contributed by atoms with Gasteiger partial charge in [-0.25, -0.2) is 9.78 Å². The fourth-order valence-electron chi connectivity index (χ4n) is 2.89. The van der Waals surface area contributed by atoms with Crippen LogP contribution in [0.5, 0.6) is 0 Å². The Labute approximate surface area is 134 Å². The molecule has 0 saturated heterocycles.